The van der Waals surface area contributed by atoms with E-state index in [9.17, 15) is 0 Å². The van der Waals surface area contributed by atoms with Gasteiger partial charge in [0.05, 0.1) is 4.99 Å². The molecule has 0 aromatic carbocycles. The lowest BCUT2D eigenvalue weighted by Gasteiger charge is -2.15. The molecule has 0 spiro atoms. The van der Waals surface area contributed by atoms with E-state index in [1.807, 2.05) is 0 Å². The van der Waals surface area contributed by atoms with E-state index in [-0.39, 0.29) is 0 Å². The summed E-state index contributed by atoms with van der Waals surface area (Å²) in [5.41, 5.74) is 0.422. The quantitative estimate of drug-likeness (QED) is 0.475. The van der Waals surface area contributed by atoms with E-state index in [1.165, 1.54) is 0 Å². The van der Waals surface area contributed by atoms with Crippen molar-refractivity contribution in [3.63, 3.8) is 0 Å². The van der Waals surface area contributed by atoms with Crippen LogP contribution >= 0.6 is 12.2 Å². The van der Waals surface area contributed by atoms with Gasteiger partial charge in [0.15, 0.2) is 0 Å². The third-order valence-electron chi connectivity index (χ3n) is 1.72. The molecule has 0 radical (unpaired) electrons. The molecule has 0 aliphatic carbocycles. The zero-order chi connectivity index (χ0) is 7.07. The Balaban J connectivity index is 2.65. The van der Waals surface area contributed by atoms with E-state index in [4.69, 9.17) is 12.2 Å². The topological polar surface area (TPSA) is 3.24 Å². The van der Waals surface area contributed by atoms with Crippen molar-refractivity contribution in [2.45, 2.75) is 20.3 Å². The smallest absolute Gasteiger partial charge is 0.0782 e. The van der Waals surface area contributed by atoms with Crippen molar-refractivity contribution in [3.8, 4) is 0 Å². The van der Waals surface area contributed by atoms with E-state index in [1.54, 1.807) is 0 Å². The average Bonchev–Trinajstić information content (AvgIpc) is 1.79. The van der Waals surface area contributed by atoms with Crippen molar-refractivity contribution >= 4 is 17.2 Å². The standard InChI is InChI=1S/C7H13NS/c1-7(2)4-6(9)8(3)5-7/h4-5H2,1-3H3. The summed E-state index contributed by atoms with van der Waals surface area (Å²) in [5, 5.41) is 0. The molecule has 0 unspecified atom stereocenters. The number of nitrogens with zero attached hydrogens (tertiary/aromatic N) is 1. The number of thiocarbonyl (C=S) groups is 1. The fourth-order valence-corrected chi connectivity index (χ4v) is 1.79. The molecule has 0 N–H and O–H groups in total. The zero-order valence-electron chi connectivity index (χ0n) is 6.27. The molecule has 0 saturated carbocycles. The minimum absolute atomic E-state index is 0.422. The Morgan fingerprint density at radius 3 is 2.22 bits per heavy atom. The second-order valence-electron chi connectivity index (χ2n) is 3.59. The Kier molecular flexibility index (Phi) is 1.51. The summed E-state index contributed by atoms with van der Waals surface area (Å²) in [4.78, 5) is 3.27. The van der Waals surface area contributed by atoms with E-state index in [0.717, 1.165) is 18.0 Å². The Labute approximate surface area is 62.0 Å². The molecule has 1 saturated heterocycles. The summed E-state index contributed by atoms with van der Waals surface area (Å²) in [6.45, 7) is 5.62. The molecule has 0 aromatic rings. The van der Waals surface area contributed by atoms with Gasteiger partial charge in [-0.3, -0.25) is 0 Å². The lowest BCUT2D eigenvalue weighted by atomic mass is 9.93. The van der Waals surface area contributed by atoms with E-state index < -0.39 is 0 Å². The molecule has 0 atom stereocenters. The maximum Gasteiger partial charge on any atom is 0.0782 e. The fraction of sp³-hybridized carbons (Fsp3) is 0.857. The van der Waals surface area contributed by atoms with Gasteiger partial charge in [-0.1, -0.05) is 26.1 Å². The first-order chi connectivity index (χ1) is 4.01. The van der Waals surface area contributed by atoms with E-state index in [2.05, 4.69) is 25.8 Å². The highest BCUT2D eigenvalue weighted by Crippen LogP contribution is 2.29. The molecule has 1 heterocycles. The highest BCUT2D eigenvalue weighted by molar-refractivity contribution is 7.80. The third-order valence-corrected chi connectivity index (χ3v) is 2.18. The number of rotatable bonds is 0. The van der Waals surface area contributed by atoms with Crippen molar-refractivity contribution in [2.24, 2.45) is 5.41 Å². The first-order valence-corrected chi connectivity index (χ1v) is 3.66. The molecule has 0 bridgehead atoms. The van der Waals surface area contributed by atoms with Crippen molar-refractivity contribution in [2.75, 3.05) is 13.6 Å². The van der Waals surface area contributed by atoms with Crippen LogP contribution in [0.3, 0.4) is 0 Å². The molecule has 1 rings (SSSR count). The summed E-state index contributed by atoms with van der Waals surface area (Å²) in [7, 11) is 2.07. The second kappa shape index (κ2) is 1.94. The number of hydrogen-bond donors (Lipinski definition) is 0. The summed E-state index contributed by atoms with van der Waals surface area (Å²) < 4.78 is 0. The van der Waals surface area contributed by atoms with Crippen molar-refractivity contribution < 1.29 is 0 Å². The minimum atomic E-state index is 0.422. The summed E-state index contributed by atoms with van der Waals surface area (Å²) in [6, 6.07) is 0. The van der Waals surface area contributed by atoms with Crippen LogP contribution in [0.15, 0.2) is 0 Å². The van der Waals surface area contributed by atoms with Gasteiger partial charge in [0.1, 0.15) is 0 Å². The lowest BCUT2D eigenvalue weighted by molar-refractivity contribution is 0.351. The van der Waals surface area contributed by atoms with Gasteiger partial charge in [-0.15, -0.1) is 0 Å². The second-order valence-corrected chi connectivity index (χ2v) is 4.06. The minimum Gasteiger partial charge on any atom is -0.369 e. The summed E-state index contributed by atoms with van der Waals surface area (Å²) in [6.07, 6.45) is 1.08. The van der Waals surface area contributed by atoms with Crippen LogP contribution in [0, 0.1) is 5.41 Å². The summed E-state index contributed by atoms with van der Waals surface area (Å²) in [5.74, 6) is 0. The Morgan fingerprint density at radius 2 is 2.11 bits per heavy atom. The Bertz CT molecular complexity index is 140. The molecule has 52 valence electrons. The van der Waals surface area contributed by atoms with Gasteiger partial charge in [0.2, 0.25) is 0 Å². The van der Waals surface area contributed by atoms with Crippen LogP contribution in [0.1, 0.15) is 20.3 Å². The first-order valence-electron chi connectivity index (χ1n) is 3.25. The molecule has 1 aliphatic rings. The highest BCUT2D eigenvalue weighted by atomic mass is 32.1. The highest BCUT2D eigenvalue weighted by Gasteiger charge is 2.30. The van der Waals surface area contributed by atoms with Crippen LogP contribution in [-0.2, 0) is 0 Å². The molecule has 1 nitrogen and oxygen atoms in total. The first kappa shape index (κ1) is 7.00. The van der Waals surface area contributed by atoms with E-state index in [0.29, 0.717) is 5.41 Å². The molecular formula is C7H13NS. The van der Waals surface area contributed by atoms with Crippen LogP contribution in [0.2, 0.25) is 0 Å². The SMILES string of the molecule is CN1CC(C)(C)CC1=S. The van der Waals surface area contributed by atoms with Gasteiger partial charge < -0.3 is 4.90 Å². The van der Waals surface area contributed by atoms with E-state index >= 15 is 0 Å². The molecule has 2 heteroatoms. The molecule has 9 heavy (non-hydrogen) atoms. The molecule has 1 fully saturated rings. The molecule has 0 aromatic heterocycles. The Hall–Kier alpha value is -0.110. The van der Waals surface area contributed by atoms with Crippen LogP contribution in [0.25, 0.3) is 0 Å². The zero-order valence-corrected chi connectivity index (χ0v) is 7.09. The molecular weight excluding hydrogens is 130 g/mol. The Morgan fingerprint density at radius 1 is 1.56 bits per heavy atom. The number of likely N-dealkylation sites (tertiary alicyclic amines) is 1. The summed E-state index contributed by atoms with van der Waals surface area (Å²) >= 11 is 5.12. The van der Waals surface area contributed by atoms with Gasteiger partial charge in [-0.25, -0.2) is 0 Å². The van der Waals surface area contributed by atoms with Crippen LogP contribution in [-0.4, -0.2) is 23.5 Å². The third kappa shape index (κ3) is 1.42. The van der Waals surface area contributed by atoms with Crippen LogP contribution in [0.4, 0.5) is 0 Å². The lowest BCUT2D eigenvalue weighted by Crippen LogP contribution is -2.20. The predicted octanol–water partition coefficient (Wildman–Crippen LogP) is 1.68. The normalized spacial score (nSPS) is 25.2. The van der Waals surface area contributed by atoms with Gasteiger partial charge in [0.25, 0.3) is 0 Å². The largest absolute Gasteiger partial charge is 0.369 e. The van der Waals surface area contributed by atoms with Gasteiger partial charge in [0, 0.05) is 20.0 Å². The van der Waals surface area contributed by atoms with Crippen molar-refractivity contribution in [1.29, 1.82) is 0 Å². The molecule has 1 aliphatic heterocycles. The predicted molar refractivity (Wildman–Crippen MR) is 43.6 cm³/mol. The maximum atomic E-state index is 5.12. The van der Waals surface area contributed by atoms with Gasteiger partial charge in [-0.05, 0) is 5.41 Å². The van der Waals surface area contributed by atoms with Gasteiger partial charge in [-0.2, -0.15) is 0 Å². The van der Waals surface area contributed by atoms with Crippen LogP contribution in [0.5, 0.6) is 0 Å². The molecule has 0 amide bonds. The fourth-order valence-electron chi connectivity index (χ4n) is 1.33. The monoisotopic (exact) mass is 143 g/mol. The maximum absolute atomic E-state index is 5.12. The number of hydrogen-bond acceptors (Lipinski definition) is 1. The van der Waals surface area contributed by atoms with Gasteiger partial charge >= 0.3 is 0 Å². The van der Waals surface area contributed by atoms with Crippen LogP contribution < -0.4 is 0 Å². The van der Waals surface area contributed by atoms with Crippen molar-refractivity contribution in [3.05, 3.63) is 0 Å². The van der Waals surface area contributed by atoms with Crippen molar-refractivity contribution in [1.82, 2.24) is 4.90 Å². The average molecular weight is 143 g/mol.